The number of benzene rings is 1. The summed E-state index contributed by atoms with van der Waals surface area (Å²) in [6.45, 7) is 4.69. The Morgan fingerprint density at radius 2 is 1.47 bits per heavy atom. The average molecular weight is 732 g/mol. The number of anilines is 1. The summed E-state index contributed by atoms with van der Waals surface area (Å²) >= 11 is 1.52. The molecule has 1 aromatic heterocycles. The van der Waals surface area contributed by atoms with E-state index in [9.17, 15) is 35.9 Å². The highest BCUT2D eigenvalue weighted by atomic mass is 32.2. The molecular weight excluding hydrogens is 692 g/mol. The van der Waals surface area contributed by atoms with Gasteiger partial charge in [0.2, 0.25) is 0 Å². The number of carboxylic acids is 2. The molecule has 2 aromatic rings. The quantitative estimate of drug-likeness (QED) is 0.111. The molecule has 0 aliphatic carbocycles. The van der Waals surface area contributed by atoms with Crippen molar-refractivity contribution in [2.24, 2.45) is 0 Å². The zero-order valence-electron chi connectivity index (χ0n) is 26.2. The minimum atomic E-state index is -5.19. The van der Waals surface area contributed by atoms with Crippen molar-refractivity contribution in [3.8, 4) is 0 Å². The Kier molecular flexibility index (Phi) is 20.0. The molecule has 1 aliphatic heterocycles. The summed E-state index contributed by atoms with van der Waals surface area (Å²) in [6.07, 6.45) is -3.34. The molecule has 1 aromatic carbocycles. The van der Waals surface area contributed by atoms with Crippen LogP contribution in [-0.2, 0) is 30.4 Å². The van der Waals surface area contributed by atoms with Gasteiger partial charge in [0.25, 0.3) is 0 Å². The number of hydrogen-bond donors (Lipinski definition) is 3. The van der Waals surface area contributed by atoms with Crippen LogP contribution in [0.25, 0.3) is 0 Å². The van der Waals surface area contributed by atoms with Gasteiger partial charge in [-0.1, -0.05) is 30.3 Å². The van der Waals surface area contributed by atoms with Gasteiger partial charge in [-0.05, 0) is 25.3 Å². The van der Waals surface area contributed by atoms with Crippen molar-refractivity contribution < 1.29 is 71.0 Å². The van der Waals surface area contributed by atoms with Crippen LogP contribution in [0.3, 0.4) is 0 Å². The number of rotatable bonds is 16. The Bertz CT molecular complexity index is 1310. The fourth-order valence-corrected chi connectivity index (χ4v) is 4.88. The summed E-state index contributed by atoms with van der Waals surface area (Å²) in [5.74, 6) is -5.43. The zero-order valence-corrected chi connectivity index (χ0v) is 27.1. The molecule has 2 atom stereocenters. The van der Waals surface area contributed by atoms with E-state index in [-0.39, 0.29) is 23.8 Å². The SMILES string of the molecule is Nc1ccn([C@@H]2CS[C@H](COC(=O)CCCCC[NH2+]CCCC[NH2+]Cc3ccccc3)O2)c(=O)n1.O=C([O-])C(F)(F)F.O=C([O-])C(F)(F)F. The second-order valence-corrected chi connectivity index (χ2v) is 11.5. The highest BCUT2D eigenvalue weighted by molar-refractivity contribution is 8.00. The lowest BCUT2D eigenvalue weighted by Crippen LogP contribution is -2.85. The van der Waals surface area contributed by atoms with E-state index in [2.05, 4.69) is 45.9 Å². The molecule has 2 heterocycles. The maximum absolute atomic E-state index is 12.0. The Morgan fingerprint density at radius 1 is 0.918 bits per heavy atom. The lowest BCUT2D eigenvalue weighted by Gasteiger charge is -2.14. The van der Waals surface area contributed by atoms with Gasteiger partial charge in [0.05, 0.1) is 19.6 Å². The Morgan fingerprint density at radius 3 is 2.02 bits per heavy atom. The number of hydrogen-bond acceptors (Lipinski definition) is 11. The molecule has 0 unspecified atom stereocenters. The van der Waals surface area contributed by atoms with Crippen molar-refractivity contribution >= 4 is 35.5 Å². The third-order valence-electron chi connectivity index (χ3n) is 6.32. The second-order valence-electron chi connectivity index (χ2n) is 10.3. The summed E-state index contributed by atoms with van der Waals surface area (Å²) in [4.78, 5) is 45.2. The van der Waals surface area contributed by atoms with E-state index in [0.717, 1.165) is 32.4 Å². The molecule has 0 spiro atoms. The molecule has 1 fully saturated rings. The van der Waals surface area contributed by atoms with Gasteiger partial charge in [-0.3, -0.25) is 9.36 Å². The van der Waals surface area contributed by atoms with E-state index in [0.29, 0.717) is 12.2 Å². The van der Waals surface area contributed by atoms with Gasteiger partial charge >= 0.3 is 24.0 Å². The van der Waals surface area contributed by atoms with E-state index < -0.39 is 36.2 Å². The molecule has 3 rings (SSSR count). The van der Waals surface area contributed by atoms with Crippen molar-refractivity contribution in [3.05, 3.63) is 58.6 Å². The zero-order chi connectivity index (χ0) is 36.9. The first-order valence-corrected chi connectivity index (χ1v) is 16.1. The molecule has 1 aliphatic rings. The number of esters is 1. The van der Waals surface area contributed by atoms with Crippen LogP contribution in [0.2, 0.25) is 0 Å². The van der Waals surface area contributed by atoms with Crippen LogP contribution in [0.1, 0.15) is 50.3 Å². The van der Waals surface area contributed by atoms with Crippen molar-refractivity contribution in [2.45, 2.75) is 69.1 Å². The smallest absolute Gasteiger partial charge is 0.430 e. The third-order valence-corrected chi connectivity index (χ3v) is 7.41. The van der Waals surface area contributed by atoms with Crippen molar-refractivity contribution in [1.29, 1.82) is 0 Å². The molecule has 20 heteroatoms. The van der Waals surface area contributed by atoms with Crippen LogP contribution in [0.15, 0.2) is 47.4 Å². The normalized spacial score (nSPS) is 15.7. The van der Waals surface area contributed by atoms with E-state index in [1.165, 1.54) is 47.8 Å². The summed E-state index contributed by atoms with van der Waals surface area (Å²) in [6, 6.07) is 12.1. The number of ether oxygens (including phenoxy) is 2. The number of nitrogens with zero attached hydrogens (tertiary/aromatic N) is 2. The first-order chi connectivity index (χ1) is 23.0. The number of aromatic nitrogens is 2. The summed E-state index contributed by atoms with van der Waals surface area (Å²) in [7, 11) is 0. The van der Waals surface area contributed by atoms with Crippen molar-refractivity contribution in [1.82, 2.24) is 9.55 Å². The third kappa shape index (κ3) is 20.3. The Labute approximate surface area is 281 Å². The van der Waals surface area contributed by atoms with Crippen molar-refractivity contribution in [3.63, 3.8) is 0 Å². The van der Waals surface area contributed by atoms with Crippen LogP contribution in [0, 0.1) is 0 Å². The molecule has 1 saturated heterocycles. The fourth-order valence-electron chi connectivity index (χ4n) is 3.89. The standard InChI is InChI=1S/C25H37N5O4S.2C2HF3O2/c26-21-12-16-30(25(32)29-21)22-19-35-24(34-22)18-33-23(31)11-5-2-6-13-27-14-7-8-15-28-17-20-9-3-1-4-10-20;2*3-2(4,5)1(6)7/h1,3-4,9-10,12,16,22,24,27-28H,2,5-8,11,13-15,17-19H2,(H2,26,29,32);2*(H,6,7)/t22-,24+;;/m0../s1. The number of halogens is 6. The summed E-state index contributed by atoms with van der Waals surface area (Å²) < 4.78 is 75.7. The number of unbranched alkanes of at least 4 members (excludes halogenated alkanes) is 3. The predicted molar refractivity (Wildman–Crippen MR) is 159 cm³/mol. The van der Waals surface area contributed by atoms with Gasteiger partial charge in [0, 0.05) is 36.8 Å². The molecule has 0 amide bonds. The van der Waals surface area contributed by atoms with Crippen LogP contribution >= 0.6 is 11.8 Å². The van der Waals surface area contributed by atoms with Gasteiger partial charge in [0.15, 0.2) is 0 Å². The molecule has 0 radical (unpaired) electrons. The predicted octanol–water partition coefficient (Wildman–Crippen LogP) is -0.778. The van der Waals surface area contributed by atoms with Gasteiger partial charge in [-0.25, -0.2) is 4.79 Å². The Balaban J connectivity index is 0.000000717. The average Bonchev–Trinajstić information content (AvgIpc) is 3.49. The number of aliphatic carboxylic acids is 2. The molecule has 0 saturated carbocycles. The van der Waals surface area contributed by atoms with Crippen LogP contribution < -0.4 is 32.3 Å². The van der Waals surface area contributed by atoms with Crippen molar-refractivity contribution in [2.75, 3.05) is 37.7 Å². The van der Waals surface area contributed by atoms with E-state index in [4.69, 9.17) is 35.0 Å². The topological polar surface area (TPSA) is 210 Å². The fraction of sp³-hybridized carbons (Fsp3) is 0.552. The monoisotopic (exact) mass is 731 g/mol. The number of carbonyl (C=O) groups excluding carboxylic acids is 3. The molecular formula is C29H39F6N5O8S. The minimum Gasteiger partial charge on any atom is -0.542 e. The number of quaternary nitrogens is 2. The summed E-state index contributed by atoms with van der Waals surface area (Å²) in [5, 5.41) is 22.3. The number of thioether (sulfide) groups is 1. The first kappa shape index (κ1) is 43.1. The largest absolute Gasteiger partial charge is 0.542 e. The van der Waals surface area contributed by atoms with Gasteiger partial charge < -0.3 is 45.6 Å². The molecule has 0 bridgehead atoms. The number of nitrogens with two attached hydrogens (primary N) is 3. The van der Waals surface area contributed by atoms with Crippen LogP contribution in [-0.4, -0.2) is 77.2 Å². The van der Waals surface area contributed by atoms with E-state index in [1.807, 2.05) is 0 Å². The number of carboxylic acid groups (broad SMARTS) is 2. The number of carbonyl (C=O) groups is 3. The van der Waals surface area contributed by atoms with Crippen LogP contribution in [0.5, 0.6) is 0 Å². The highest BCUT2D eigenvalue weighted by Gasteiger charge is 2.30. The highest BCUT2D eigenvalue weighted by Crippen LogP contribution is 2.31. The molecule has 6 N–H and O–H groups in total. The lowest BCUT2D eigenvalue weighted by atomic mass is 10.2. The van der Waals surface area contributed by atoms with Crippen LogP contribution in [0.4, 0.5) is 32.2 Å². The van der Waals surface area contributed by atoms with Gasteiger partial charge in [0.1, 0.15) is 42.6 Å². The van der Waals surface area contributed by atoms with Gasteiger partial charge in [-0.2, -0.15) is 31.3 Å². The molecule has 49 heavy (non-hydrogen) atoms. The number of alkyl halides is 6. The lowest BCUT2D eigenvalue weighted by molar-refractivity contribution is -0.675. The minimum absolute atomic E-state index is 0.184. The first-order valence-electron chi connectivity index (χ1n) is 15.0. The Hall–Kier alpha value is -3.88. The molecule has 276 valence electrons. The maximum Gasteiger partial charge on any atom is 0.430 e. The summed E-state index contributed by atoms with van der Waals surface area (Å²) in [5.41, 5.74) is 6.18. The van der Waals surface area contributed by atoms with E-state index in [1.54, 1.807) is 12.3 Å². The molecule has 13 nitrogen and oxygen atoms in total. The van der Waals surface area contributed by atoms with E-state index >= 15 is 0 Å². The second kappa shape index (κ2) is 22.7. The van der Waals surface area contributed by atoms with Gasteiger partial charge in [-0.15, -0.1) is 11.8 Å². The number of nitrogen functional groups attached to an aromatic ring is 1. The maximum atomic E-state index is 12.0.